The van der Waals surface area contributed by atoms with Gasteiger partial charge < -0.3 is 14.0 Å². The van der Waals surface area contributed by atoms with Crippen LogP contribution in [0.15, 0.2) is 18.2 Å². The van der Waals surface area contributed by atoms with Gasteiger partial charge in [0.1, 0.15) is 0 Å². The molecule has 1 saturated heterocycles. The van der Waals surface area contributed by atoms with Gasteiger partial charge >= 0.3 is 19.3 Å². The summed E-state index contributed by atoms with van der Waals surface area (Å²) in [7, 11) is -0.633. The number of hydrogen-bond acceptors (Lipinski definition) is 5. The van der Waals surface area contributed by atoms with Crippen molar-refractivity contribution in [3.8, 4) is 0 Å². The average molecular weight is 440 g/mol. The van der Waals surface area contributed by atoms with E-state index in [9.17, 15) is 22.8 Å². The number of alkyl halides is 3. The maximum Gasteiger partial charge on any atom is 0.494 e. The second-order valence-electron chi connectivity index (χ2n) is 9.39. The van der Waals surface area contributed by atoms with Crippen LogP contribution in [0.1, 0.15) is 69.8 Å². The van der Waals surface area contributed by atoms with Crippen LogP contribution in [-0.4, -0.2) is 42.9 Å². The number of fused-ring (bicyclic) bond motifs is 1. The van der Waals surface area contributed by atoms with Crippen LogP contribution >= 0.6 is 0 Å². The van der Waals surface area contributed by atoms with Gasteiger partial charge in [-0.15, -0.1) is 0 Å². The largest absolute Gasteiger partial charge is 0.494 e. The maximum atomic E-state index is 13.3. The fourth-order valence-electron chi connectivity index (χ4n) is 4.21. The van der Waals surface area contributed by atoms with Crippen LogP contribution in [0, 0.1) is 5.41 Å². The van der Waals surface area contributed by atoms with E-state index >= 15 is 0 Å². The molecule has 170 valence electrons. The number of ketones is 1. The Morgan fingerprint density at radius 1 is 1.16 bits per heavy atom. The SMILES string of the molecule is CCOC(=O)CC1(CC(F)(F)F)CCc2cc(B3OC(C)(C)C(C)(C)O3)ccc2C1=O. The predicted molar refractivity (Wildman–Crippen MR) is 109 cm³/mol. The minimum absolute atomic E-state index is 0.0448. The first-order valence-corrected chi connectivity index (χ1v) is 10.5. The highest BCUT2D eigenvalue weighted by atomic mass is 19.4. The van der Waals surface area contributed by atoms with E-state index in [0.717, 1.165) is 0 Å². The molecule has 0 bridgehead atoms. The molecule has 1 atom stereocenters. The minimum Gasteiger partial charge on any atom is -0.466 e. The topological polar surface area (TPSA) is 61.8 Å². The second-order valence-corrected chi connectivity index (χ2v) is 9.39. The fourth-order valence-corrected chi connectivity index (χ4v) is 4.21. The lowest BCUT2D eigenvalue weighted by atomic mass is 9.65. The number of halogens is 3. The molecule has 1 unspecified atom stereocenters. The van der Waals surface area contributed by atoms with Crippen molar-refractivity contribution in [3.63, 3.8) is 0 Å². The molecule has 1 aromatic carbocycles. The number of aryl methyl sites for hydroxylation is 1. The molecule has 1 heterocycles. The van der Waals surface area contributed by atoms with Crippen LogP contribution in [0.4, 0.5) is 13.2 Å². The highest BCUT2D eigenvalue weighted by Gasteiger charge is 2.53. The summed E-state index contributed by atoms with van der Waals surface area (Å²) in [6.45, 7) is 9.32. The summed E-state index contributed by atoms with van der Waals surface area (Å²) < 4.78 is 57.0. The van der Waals surface area contributed by atoms with Crippen molar-refractivity contribution >= 4 is 24.3 Å². The third-order valence-electron chi connectivity index (χ3n) is 6.58. The Balaban J connectivity index is 1.91. The van der Waals surface area contributed by atoms with E-state index in [1.165, 1.54) is 6.07 Å². The van der Waals surface area contributed by atoms with Crippen LogP contribution < -0.4 is 5.46 Å². The zero-order valence-corrected chi connectivity index (χ0v) is 18.5. The number of ether oxygens (including phenoxy) is 1. The van der Waals surface area contributed by atoms with Gasteiger partial charge in [0.2, 0.25) is 0 Å². The summed E-state index contributed by atoms with van der Waals surface area (Å²) in [6, 6.07) is 4.93. The van der Waals surface area contributed by atoms with Crippen LogP contribution in [0.2, 0.25) is 0 Å². The van der Waals surface area contributed by atoms with E-state index in [1.54, 1.807) is 19.1 Å². The highest BCUT2D eigenvalue weighted by molar-refractivity contribution is 6.62. The molecule has 1 aliphatic carbocycles. The Bertz CT molecular complexity index is 864. The standard InChI is InChI=1S/C22H28BF3O5/c1-6-29-17(27)12-21(13-22(24,25)26)10-9-14-11-15(7-8-16(14)18(21)28)23-30-19(2,3)20(4,5)31-23/h7-8,11H,6,9-10,12-13H2,1-5H3. The molecule has 3 rings (SSSR count). The lowest BCUT2D eigenvalue weighted by molar-refractivity contribution is -0.162. The normalized spacial score (nSPS) is 24.8. The van der Waals surface area contributed by atoms with Crippen molar-refractivity contribution < 1.29 is 36.8 Å². The van der Waals surface area contributed by atoms with Crippen molar-refractivity contribution in [2.45, 2.75) is 77.7 Å². The van der Waals surface area contributed by atoms with Gasteiger partial charge in [-0.3, -0.25) is 9.59 Å². The van der Waals surface area contributed by atoms with E-state index in [1.807, 2.05) is 27.7 Å². The van der Waals surface area contributed by atoms with Gasteiger partial charge in [-0.1, -0.05) is 18.2 Å². The van der Waals surface area contributed by atoms with Gasteiger partial charge in [-0.2, -0.15) is 13.2 Å². The summed E-state index contributed by atoms with van der Waals surface area (Å²) in [6.07, 6.45) is -6.36. The molecule has 2 aliphatic rings. The number of Topliss-reactive ketones (excluding diaryl/α,β-unsaturated/α-hetero) is 1. The molecular weight excluding hydrogens is 412 g/mol. The van der Waals surface area contributed by atoms with E-state index in [0.29, 0.717) is 11.0 Å². The lowest BCUT2D eigenvalue weighted by Crippen LogP contribution is -2.43. The smallest absolute Gasteiger partial charge is 0.466 e. The first kappa shape index (κ1) is 23.8. The Morgan fingerprint density at radius 2 is 1.77 bits per heavy atom. The van der Waals surface area contributed by atoms with Crippen LogP contribution in [0.3, 0.4) is 0 Å². The van der Waals surface area contributed by atoms with Crippen molar-refractivity contribution in [1.82, 2.24) is 0 Å². The zero-order valence-electron chi connectivity index (χ0n) is 18.5. The first-order chi connectivity index (χ1) is 14.2. The van der Waals surface area contributed by atoms with E-state index in [4.69, 9.17) is 14.0 Å². The summed E-state index contributed by atoms with van der Waals surface area (Å²) >= 11 is 0. The van der Waals surface area contributed by atoms with Crippen LogP contribution in [-0.2, 0) is 25.3 Å². The molecule has 0 amide bonds. The van der Waals surface area contributed by atoms with Crippen molar-refractivity contribution in [2.75, 3.05) is 6.61 Å². The van der Waals surface area contributed by atoms with Crippen molar-refractivity contribution in [1.29, 1.82) is 0 Å². The molecule has 0 saturated carbocycles. The van der Waals surface area contributed by atoms with Crippen molar-refractivity contribution in [2.24, 2.45) is 5.41 Å². The summed E-state index contributed by atoms with van der Waals surface area (Å²) in [5.74, 6) is -1.46. The first-order valence-electron chi connectivity index (χ1n) is 10.5. The Kier molecular flexibility index (Phi) is 6.08. The number of rotatable bonds is 5. The Morgan fingerprint density at radius 3 is 2.32 bits per heavy atom. The fraction of sp³-hybridized carbons (Fsp3) is 0.636. The molecule has 5 nitrogen and oxygen atoms in total. The molecule has 0 N–H and O–H groups in total. The van der Waals surface area contributed by atoms with Gasteiger partial charge in [0.25, 0.3) is 0 Å². The molecule has 1 aromatic rings. The average Bonchev–Trinajstić information content (AvgIpc) is 2.84. The second kappa shape index (κ2) is 7.92. The molecule has 1 fully saturated rings. The Hall–Kier alpha value is -1.87. The van der Waals surface area contributed by atoms with Gasteiger partial charge in [0, 0.05) is 5.56 Å². The molecule has 1 aliphatic heterocycles. The molecular formula is C22H28BF3O5. The van der Waals surface area contributed by atoms with Crippen LogP contribution in [0.25, 0.3) is 0 Å². The van der Waals surface area contributed by atoms with Crippen molar-refractivity contribution in [3.05, 3.63) is 29.3 Å². The summed E-state index contributed by atoms with van der Waals surface area (Å²) in [5, 5.41) is 0. The quantitative estimate of drug-likeness (QED) is 0.512. The molecule has 0 spiro atoms. The number of carbonyl (C=O) groups is 2. The van der Waals surface area contributed by atoms with Crippen LogP contribution in [0.5, 0.6) is 0 Å². The van der Waals surface area contributed by atoms with E-state index < -0.39 is 54.5 Å². The monoisotopic (exact) mass is 440 g/mol. The third kappa shape index (κ3) is 4.67. The number of hydrogen-bond donors (Lipinski definition) is 0. The number of benzene rings is 1. The predicted octanol–water partition coefficient (Wildman–Crippen LogP) is 4.01. The summed E-state index contributed by atoms with van der Waals surface area (Å²) in [4.78, 5) is 25.3. The van der Waals surface area contributed by atoms with Gasteiger partial charge in [-0.25, -0.2) is 0 Å². The van der Waals surface area contributed by atoms with Gasteiger partial charge in [0.05, 0.1) is 36.1 Å². The molecule has 9 heteroatoms. The molecule has 0 radical (unpaired) electrons. The zero-order chi connectivity index (χ0) is 23.2. The Labute approximate surface area is 180 Å². The highest BCUT2D eigenvalue weighted by Crippen LogP contribution is 2.46. The van der Waals surface area contributed by atoms with Gasteiger partial charge in [-0.05, 0) is 58.5 Å². The molecule has 31 heavy (non-hydrogen) atoms. The number of carbonyl (C=O) groups excluding carboxylic acids is 2. The van der Waals surface area contributed by atoms with Gasteiger partial charge in [0.15, 0.2) is 5.78 Å². The lowest BCUT2D eigenvalue weighted by Gasteiger charge is -2.36. The summed E-state index contributed by atoms with van der Waals surface area (Å²) in [5.41, 5.74) is -1.36. The van der Waals surface area contributed by atoms with E-state index in [2.05, 4.69) is 0 Å². The number of esters is 1. The molecule has 0 aromatic heterocycles. The van der Waals surface area contributed by atoms with E-state index in [-0.39, 0.29) is 25.0 Å². The minimum atomic E-state index is -4.58. The third-order valence-corrected chi connectivity index (χ3v) is 6.58. The maximum absolute atomic E-state index is 13.3.